The highest BCUT2D eigenvalue weighted by molar-refractivity contribution is 9.10. The van der Waals surface area contributed by atoms with Crippen molar-refractivity contribution >= 4 is 126 Å². The Morgan fingerprint density at radius 2 is 0.769 bits per heavy atom. The van der Waals surface area contributed by atoms with Gasteiger partial charge in [-0.1, -0.05) is 189 Å². The third-order valence-corrected chi connectivity index (χ3v) is 30.2. The molecule has 108 heavy (non-hydrogen) atoms. The molecule has 11 aliphatic rings. The lowest BCUT2D eigenvalue weighted by Crippen LogP contribution is -2.55. The van der Waals surface area contributed by atoms with E-state index in [9.17, 15) is 0 Å². The zero-order valence-corrected chi connectivity index (χ0v) is 62.8. The third kappa shape index (κ3) is 9.48. The van der Waals surface area contributed by atoms with E-state index in [0.29, 0.717) is 0 Å². The fraction of sp³-hybridized carbons (Fsp3) is 0.280. The molecule has 0 amide bonds. The molecule has 10 aliphatic carbocycles. The van der Waals surface area contributed by atoms with E-state index in [-0.39, 0.29) is 44.0 Å². The Hall–Kier alpha value is -9.28. The van der Waals surface area contributed by atoms with Crippen molar-refractivity contribution in [2.75, 3.05) is 0 Å². The molecule has 534 valence electrons. The van der Waals surface area contributed by atoms with Gasteiger partial charge in [-0.15, -0.1) is 11.3 Å². The molecule has 0 radical (unpaired) electrons. The largest absolute Gasteiger partial charge is 0.494 e. The van der Waals surface area contributed by atoms with Gasteiger partial charge in [0, 0.05) is 79.2 Å². The molecule has 8 saturated carbocycles. The Bertz CT molecular complexity index is 6330. The highest BCUT2D eigenvalue weighted by Crippen LogP contribution is 2.71. The van der Waals surface area contributed by atoms with Gasteiger partial charge >= 0.3 is 7.12 Å². The molecular formula is C100H90BBrN2O3S. The van der Waals surface area contributed by atoms with E-state index in [2.05, 4.69) is 277 Å². The first kappa shape index (κ1) is 66.9. The zero-order chi connectivity index (χ0) is 70.3. The molecule has 0 unspecified atom stereocenters. The maximum atomic E-state index is 6.47. The Kier molecular flexibility index (Phi) is 15.1. The zero-order valence-electron chi connectivity index (χ0n) is 60.4. The van der Waals surface area contributed by atoms with Crippen LogP contribution in [-0.4, -0.2) is 27.5 Å². The highest BCUT2D eigenvalue weighted by Gasteiger charge is 2.63. The Balaban J connectivity index is 0.000000115. The van der Waals surface area contributed by atoms with Crippen molar-refractivity contribution in [2.24, 2.45) is 47.3 Å². The van der Waals surface area contributed by atoms with Gasteiger partial charge in [0.1, 0.15) is 11.2 Å². The number of aromatic nitrogens is 2. The first-order valence-corrected chi connectivity index (χ1v) is 40.8. The van der Waals surface area contributed by atoms with Crippen LogP contribution in [0.15, 0.2) is 264 Å². The van der Waals surface area contributed by atoms with E-state index in [1.54, 1.807) is 22.3 Å². The minimum absolute atomic E-state index is 0. The van der Waals surface area contributed by atoms with Crippen molar-refractivity contribution in [3.63, 3.8) is 0 Å². The van der Waals surface area contributed by atoms with Crippen LogP contribution in [0.1, 0.15) is 129 Å². The summed E-state index contributed by atoms with van der Waals surface area (Å²) in [5.41, 5.74) is 25.2. The molecule has 1 aliphatic heterocycles. The summed E-state index contributed by atoms with van der Waals surface area (Å²) in [7, 11) is -0.373. The second-order valence-electron chi connectivity index (χ2n) is 34.2. The molecule has 0 atom stereocenters. The standard InChI is InChI=1S/C46H35NS.C40H40BNO2.C12H7BrO.2CH4/c1-4-10-40-34(7-1)35-16-15-33(26-41(35)46(40)31-20-27-19-28(22-31)23-32(46)21-27)47-42-11-5-2-8-36(42)38-24-29(13-17-43(38)47)30-14-18-45-39(25-30)37-9-3-6-12-44(37)48-45;1-38(2)39(3,4)44-41(43-38)28-13-16-37-33(22-28)32-10-6-8-12-36(32)42(37)29-14-15-31-30-9-5-7-11-34(30)40(35(31)23-29)26-18-24-17-25(20-26)21-27(40)19-24;13-8-5-6-12-10(7-8)9-3-1-2-4-11(9)14-12;;/h1-18,24-28,31-32H,19-23H2;5-16,22-27H,17-21H2,1-4H3;1-7H;2*1H4. The van der Waals surface area contributed by atoms with Crippen LogP contribution in [0.2, 0.25) is 0 Å². The first-order valence-electron chi connectivity index (χ1n) is 39.2. The average Bonchev–Trinajstić information content (AvgIpc) is 1.50. The predicted molar refractivity (Wildman–Crippen MR) is 457 cm³/mol. The number of para-hydroxylation sites is 3. The summed E-state index contributed by atoms with van der Waals surface area (Å²) in [5.74, 6) is 6.84. The van der Waals surface area contributed by atoms with E-state index in [4.69, 9.17) is 13.7 Å². The number of halogens is 1. The van der Waals surface area contributed by atoms with Crippen LogP contribution in [-0.2, 0) is 20.1 Å². The van der Waals surface area contributed by atoms with Crippen LogP contribution in [0.4, 0.5) is 0 Å². The predicted octanol–water partition coefficient (Wildman–Crippen LogP) is 27.0. The monoisotopic (exact) mass is 1490 g/mol. The summed E-state index contributed by atoms with van der Waals surface area (Å²) in [5, 5.41) is 10.2. The third-order valence-electron chi connectivity index (χ3n) is 28.5. The number of nitrogens with zero attached hydrogens (tertiary/aromatic N) is 2. The maximum Gasteiger partial charge on any atom is 0.494 e. The van der Waals surface area contributed by atoms with Gasteiger partial charge in [0.25, 0.3) is 0 Å². The van der Waals surface area contributed by atoms with E-state index in [1.807, 2.05) is 41.7 Å². The molecule has 8 bridgehead atoms. The van der Waals surface area contributed by atoms with Gasteiger partial charge in [0.15, 0.2) is 0 Å². The van der Waals surface area contributed by atoms with Gasteiger partial charge in [0.05, 0.1) is 33.3 Å². The van der Waals surface area contributed by atoms with Gasteiger partial charge in [-0.3, -0.25) is 0 Å². The van der Waals surface area contributed by atoms with E-state index in [0.717, 1.165) is 73.8 Å². The molecule has 2 spiro atoms. The van der Waals surface area contributed by atoms with Gasteiger partial charge < -0.3 is 22.9 Å². The summed E-state index contributed by atoms with van der Waals surface area (Å²) in [6.07, 6.45) is 14.2. The topological polar surface area (TPSA) is 41.5 Å². The van der Waals surface area contributed by atoms with Crippen LogP contribution in [0.25, 0.3) is 130 Å². The van der Waals surface area contributed by atoms with Crippen molar-refractivity contribution in [3.8, 4) is 44.8 Å². The fourth-order valence-corrected chi connectivity index (χ4v) is 25.4. The molecule has 1 saturated heterocycles. The molecule has 16 aromatic rings. The van der Waals surface area contributed by atoms with Gasteiger partial charge in [-0.2, -0.15) is 0 Å². The van der Waals surface area contributed by atoms with E-state index in [1.165, 1.54) is 178 Å². The van der Waals surface area contributed by atoms with Crippen molar-refractivity contribution in [2.45, 2.75) is 129 Å². The SMILES string of the molecule is Brc1ccc2oc3ccccc3c2c1.C.C.CC1(C)OB(c2ccc3c(c2)c2ccccc2n3-c2ccc3c(c2)C2(c4ccccc4-3)C3CC4CC(C3)CC2C4)OC1(C)C.c1ccc2c(c1)-c1ccc(-n3c4ccccc4c4cc(-c5ccc6sc7ccccc7c6c5)ccc43)cc1C21C2CC3CC(C2)CC1C3. The van der Waals surface area contributed by atoms with Crippen LogP contribution in [0.5, 0.6) is 0 Å². The lowest BCUT2D eigenvalue weighted by atomic mass is 9.43. The van der Waals surface area contributed by atoms with Crippen LogP contribution >= 0.6 is 27.3 Å². The quantitative estimate of drug-likeness (QED) is 0.165. The van der Waals surface area contributed by atoms with Crippen molar-refractivity contribution in [1.29, 1.82) is 0 Å². The lowest BCUT2D eigenvalue weighted by molar-refractivity contribution is -0.0399. The highest BCUT2D eigenvalue weighted by atomic mass is 79.9. The summed E-state index contributed by atoms with van der Waals surface area (Å²) in [6.45, 7) is 8.50. The second kappa shape index (κ2) is 24.4. The number of hydrogen-bond donors (Lipinski definition) is 0. The summed E-state index contributed by atoms with van der Waals surface area (Å²) in [6, 6.07) is 95.7. The van der Waals surface area contributed by atoms with Gasteiger partial charge in [-0.05, 0) is 297 Å². The number of benzene rings is 12. The molecule has 4 aromatic heterocycles. The second-order valence-corrected chi connectivity index (χ2v) is 36.2. The number of thiophene rings is 1. The molecule has 5 heterocycles. The van der Waals surface area contributed by atoms with Crippen molar-refractivity contribution in [1.82, 2.24) is 9.13 Å². The van der Waals surface area contributed by atoms with Crippen molar-refractivity contribution < 1.29 is 13.7 Å². The minimum Gasteiger partial charge on any atom is -0.456 e. The van der Waals surface area contributed by atoms with E-state index < -0.39 is 0 Å². The summed E-state index contributed by atoms with van der Waals surface area (Å²) >= 11 is 5.35. The van der Waals surface area contributed by atoms with Crippen LogP contribution < -0.4 is 5.46 Å². The molecule has 27 rings (SSSR count). The first-order chi connectivity index (χ1) is 51.8. The van der Waals surface area contributed by atoms with Gasteiger partial charge in [0.2, 0.25) is 0 Å². The molecule has 5 nitrogen and oxygen atoms in total. The summed E-state index contributed by atoms with van der Waals surface area (Å²) in [4.78, 5) is 0. The normalized spacial score (nSPS) is 25.1. The molecule has 0 N–H and O–H groups in total. The molecular weight excluding hydrogens is 1400 g/mol. The fourth-order valence-electron chi connectivity index (χ4n) is 24.0. The Morgan fingerprint density at radius 3 is 1.33 bits per heavy atom. The van der Waals surface area contributed by atoms with Crippen molar-refractivity contribution in [3.05, 3.63) is 282 Å². The minimum atomic E-state index is -0.373. The Morgan fingerprint density at radius 1 is 0.343 bits per heavy atom. The van der Waals surface area contributed by atoms with Crippen LogP contribution in [0.3, 0.4) is 0 Å². The number of fused-ring (bicyclic) bond motifs is 18. The smallest absolute Gasteiger partial charge is 0.456 e. The molecule has 8 heteroatoms. The van der Waals surface area contributed by atoms with Gasteiger partial charge in [-0.25, -0.2) is 0 Å². The van der Waals surface area contributed by atoms with E-state index >= 15 is 0 Å². The average molecular weight is 1490 g/mol. The molecule has 9 fully saturated rings. The number of rotatable bonds is 4. The molecule has 12 aromatic carbocycles. The number of furan rings is 1. The van der Waals surface area contributed by atoms with Crippen LogP contribution in [0, 0.1) is 47.3 Å². The lowest BCUT2D eigenvalue weighted by Gasteiger charge is -2.61. The summed E-state index contributed by atoms with van der Waals surface area (Å²) < 4.78 is 27.5. The number of hydrogen-bond acceptors (Lipinski definition) is 4. The Labute approximate surface area is 646 Å². The maximum absolute atomic E-state index is 6.47.